The summed E-state index contributed by atoms with van der Waals surface area (Å²) in [6.07, 6.45) is 1.14. The van der Waals surface area contributed by atoms with Crippen molar-refractivity contribution < 1.29 is 23.8 Å². The van der Waals surface area contributed by atoms with E-state index in [-0.39, 0.29) is 18.0 Å². The number of piperazine rings is 1. The Balaban J connectivity index is 1.47. The summed E-state index contributed by atoms with van der Waals surface area (Å²) in [5.41, 5.74) is 3.01. The summed E-state index contributed by atoms with van der Waals surface area (Å²) in [6.45, 7) is 2.77. The predicted octanol–water partition coefficient (Wildman–Crippen LogP) is 3.53. The van der Waals surface area contributed by atoms with Crippen LogP contribution in [0.3, 0.4) is 0 Å². The number of carboxylic acids is 1. The number of carbonyl (C=O) groups is 2. The monoisotopic (exact) mass is 458 g/mol. The molecule has 1 saturated heterocycles. The van der Waals surface area contributed by atoms with E-state index in [0.29, 0.717) is 48.9 Å². The number of nitrogens with zero attached hydrogens (tertiary/aromatic N) is 1. The summed E-state index contributed by atoms with van der Waals surface area (Å²) >= 11 is 6.02. The zero-order valence-electron chi connectivity index (χ0n) is 17.6. The number of carboxylic acid groups (broad SMARTS) is 1. The lowest BCUT2D eigenvalue weighted by Gasteiger charge is -2.43. The van der Waals surface area contributed by atoms with Crippen LogP contribution in [0.4, 0.5) is 4.39 Å². The topological polar surface area (TPSA) is 78.9 Å². The van der Waals surface area contributed by atoms with Crippen LogP contribution in [0.5, 0.6) is 5.75 Å². The van der Waals surface area contributed by atoms with Gasteiger partial charge in [-0.05, 0) is 35.3 Å². The second-order valence-corrected chi connectivity index (χ2v) is 8.52. The molecule has 0 aliphatic carbocycles. The smallest absolute Gasteiger partial charge is 0.333 e. The van der Waals surface area contributed by atoms with E-state index in [1.54, 1.807) is 4.90 Å². The Kier molecular flexibility index (Phi) is 6.48. The summed E-state index contributed by atoms with van der Waals surface area (Å²) in [5, 5.41) is 13.6. The molecule has 1 amide bonds. The van der Waals surface area contributed by atoms with E-state index < -0.39 is 11.8 Å². The minimum atomic E-state index is -0.967. The molecule has 4 rings (SSSR count). The van der Waals surface area contributed by atoms with Crippen molar-refractivity contribution in [3.8, 4) is 5.75 Å². The van der Waals surface area contributed by atoms with E-state index in [9.17, 15) is 19.1 Å². The Labute approximate surface area is 190 Å². The average molecular weight is 459 g/mol. The molecule has 6 nitrogen and oxygen atoms in total. The molecule has 1 fully saturated rings. The normalized spacial score (nSPS) is 20.3. The number of aliphatic carboxylic acids is 1. The van der Waals surface area contributed by atoms with Gasteiger partial charge in [0, 0.05) is 38.5 Å². The van der Waals surface area contributed by atoms with E-state index in [4.69, 9.17) is 16.3 Å². The maximum absolute atomic E-state index is 13.3. The molecule has 0 saturated carbocycles. The molecule has 2 atom stereocenters. The van der Waals surface area contributed by atoms with Crippen LogP contribution < -0.4 is 10.1 Å². The molecular weight excluding hydrogens is 435 g/mol. The van der Waals surface area contributed by atoms with Crippen molar-refractivity contribution in [1.29, 1.82) is 0 Å². The van der Waals surface area contributed by atoms with E-state index in [1.807, 2.05) is 24.3 Å². The SMILES string of the molecule is CC(=O)N1CC2CC(c3ccc(CCOc4cc(F)ccc4Cl)cc3)=C(C(=O)O)C(C1)N2. The van der Waals surface area contributed by atoms with Gasteiger partial charge in [-0.3, -0.25) is 4.79 Å². The maximum atomic E-state index is 13.3. The third-order valence-corrected chi connectivity index (χ3v) is 6.24. The number of ether oxygens (including phenoxy) is 1. The van der Waals surface area contributed by atoms with Crippen molar-refractivity contribution >= 4 is 29.1 Å². The van der Waals surface area contributed by atoms with Gasteiger partial charge in [-0.15, -0.1) is 0 Å². The molecule has 2 bridgehead atoms. The highest BCUT2D eigenvalue weighted by molar-refractivity contribution is 6.32. The summed E-state index contributed by atoms with van der Waals surface area (Å²) in [5.74, 6) is -1.11. The number of halogens is 2. The number of carbonyl (C=O) groups excluding carboxylic acids is 1. The lowest BCUT2D eigenvalue weighted by Crippen LogP contribution is -2.61. The third-order valence-electron chi connectivity index (χ3n) is 5.92. The van der Waals surface area contributed by atoms with Crippen molar-refractivity contribution in [3.63, 3.8) is 0 Å². The molecule has 2 heterocycles. The molecule has 2 aliphatic rings. The average Bonchev–Trinajstić information content (AvgIpc) is 2.75. The van der Waals surface area contributed by atoms with Crippen LogP contribution in [0, 0.1) is 5.82 Å². The fourth-order valence-electron chi connectivity index (χ4n) is 4.36. The van der Waals surface area contributed by atoms with Gasteiger partial charge in [0.2, 0.25) is 5.91 Å². The van der Waals surface area contributed by atoms with Gasteiger partial charge in [0.05, 0.1) is 23.2 Å². The maximum Gasteiger partial charge on any atom is 0.333 e. The minimum absolute atomic E-state index is 0.0276. The van der Waals surface area contributed by atoms with Gasteiger partial charge in [0.1, 0.15) is 11.6 Å². The molecule has 0 aromatic heterocycles. The highest BCUT2D eigenvalue weighted by Gasteiger charge is 2.38. The molecule has 2 aromatic carbocycles. The first-order valence-corrected chi connectivity index (χ1v) is 10.8. The Morgan fingerprint density at radius 3 is 2.66 bits per heavy atom. The summed E-state index contributed by atoms with van der Waals surface area (Å²) in [6, 6.07) is 11.4. The number of fused-ring (bicyclic) bond motifs is 2. The van der Waals surface area contributed by atoms with Crippen LogP contribution >= 0.6 is 11.6 Å². The molecule has 8 heteroatoms. The van der Waals surface area contributed by atoms with Crippen LogP contribution in [0.2, 0.25) is 5.02 Å². The van der Waals surface area contributed by atoms with Gasteiger partial charge in [-0.1, -0.05) is 35.9 Å². The molecule has 168 valence electrons. The van der Waals surface area contributed by atoms with Crippen molar-refractivity contribution in [1.82, 2.24) is 10.2 Å². The summed E-state index contributed by atoms with van der Waals surface area (Å²) < 4.78 is 18.9. The van der Waals surface area contributed by atoms with Crippen molar-refractivity contribution in [2.45, 2.75) is 31.8 Å². The minimum Gasteiger partial charge on any atom is -0.492 e. The standard InChI is InChI=1S/C24H24ClFN2O4/c1-14(29)28-12-18-11-19(23(24(30)31)21(13-28)27-18)16-4-2-15(3-5-16)8-9-32-22-10-17(26)6-7-20(22)25/h2-7,10,18,21,27H,8-9,11-13H2,1H3,(H,30,31). The first-order chi connectivity index (χ1) is 15.3. The molecule has 2 unspecified atom stereocenters. The molecule has 0 spiro atoms. The first-order valence-electron chi connectivity index (χ1n) is 10.5. The summed E-state index contributed by atoms with van der Waals surface area (Å²) in [7, 11) is 0. The van der Waals surface area contributed by atoms with E-state index in [2.05, 4.69) is 5.32 Å². The van der Waals surface area contributed by atoms with Crippen molar-refractivity contribution in [3.05, 3.63) is 70.0 Å². The molecular formula is C24H24ClFN2O4. The second kappa shape index (κ2) is 9.30. The van der Waals surface area contributed by atoms with E-state index >= 15 is 0 Å². The number of hydrogen-bond donors (Lipinski definition) is 2. The quantitative estimate of drug-likeness (QED) is 0.692. The Morgan fingerprint density at radius 1 is 1.22 bits per heavy atom. The van der Waals surface area contributed by atoms with Gasteiger partial charge < -0.3 is 20.1 Å². The van der Waals surface area contributed by atoms with Crippen molar-refractivity contribution in [2.24, 2.45) is 0 Å². The number of rotatable bonds is 6. The fourth-order valence-corrected chi connectivity index (χ4v) is 4.54. The third kappa shape index (κ3) is 4.79. The fraction of sp³-hybridized carbons (Fsp3) is 0.333. The Morgan fingerprint density at radius 2 is 1.97 bits per heavy atom. The number of benzene rings is 2. The summed E-state index contributed by atoms with van der Waals surface area (Å²) in [4.78, 5) is 25.6. The van der Waals surface area contributed by atoms with Gasteiger partial charge in [0.15, 0.2) is 0 Å². The van der Waals surface area contributed by atoms with Crippen LogP contribution in [0.1, 0.15) is 24.5 Å². The Bertz CT molecular complexity index is 1070. The lowest BCUT2D eigenvalue weighted by atomic mass is 9.83. The zero-order valence-corrected chi connectivity index (χ0v) is 18.4. The zero-order chi connectivity index (χ0) is 22.8. The second-order valence-electron chi connectivity index (χ2n) is 8.11. The number of hydrogen-bond acceptors (Lipinski definition) is 4. The molecule has 2 N–H and O–H groups in total. The number of nitrogens with one attached hydrogen (secondary N) is 1. The van der Waals surface area contributed by atoms with Gasteiger partial charge in [0.25, 0.3) is 0 Å². The van der Waals surface area contributed by atoms with E-state index in [1.165, 1.54) is 25.1 Å². The molecule has 0 radical (unpaired) electrons. The van der Waals surface area contributed by atoms with Crippen LogP contribution in [-0.2, 0) is 16.0 Å². The van der Waals surface area contributed by atoms with Gasteiger partial charge >= 0.3 is 5.97 Å². The van der Waals surface area contributed by atoms with Gasteiger partial charge in [-0.2, -0.15) is 0 Å². The molecule has 2 aliphatic heterocycles. The highest BCUT2D eigenvalue weighted by Crippen LogP contribution is 2.33. The molecule has 32 heavy (non-hydrogen) atoms. The Hall–Kier alpha value is -2.90. The van der Waals surface area contributed by atoms with E-state index in [0.717, 1.165) is 16.7 Å². The number of amides is 1. The van der Waals surface area contributed by atoms with Crippen LogP contribution in [0.25, 0.3) is 5.57 Å². The van der Waals surface area contributed by atoms with Gasteiger partial charge in [-0.25, -0.2) is 9.18 Å². The highest BCUT2D eigenvalue weighted by atomic mass is 35.5. The lowest BCUT2D eigenvalue weighted by molar-refractivity contribution is -0.135. The molecule has 2 aromatic rings. The van der Waals surface area contributed by atoms with Crippen molar-refractivity contribution in [2.75, 3.05) is 19.7 Å². The predicted molar refractivity (Wildman–Crippen MR) is 119 cm³/mol. The van der Waals surface area contributed by atoms with Crippen LogP contribution in [0.15, 0.2) is 48.0 Å². The first kappa shape index (κ1) is 22.3. The largest absolute Gasteiger partial charge is 0.492 e. The van der Waals surface area contributed by atoms with Crippen LogP contribution in [-0.4, -0.2) is 53.7 Å².